The van der Waals surface area contributed by atoms with Gasteiger partial charge in [0.1, 0.15) is 6.10 Å². The SMILES string of the molecule is CCCCOC(=O)N(C)[C@H]1CC[C@@]2(O)[C@@H]3Cc4ccc(O)c5c4[C@@]2(CCN3CC2CC2)[C@H]1O5. The summed E-state index contributed by atoms with van der Waals surface area (Å²) in [4.78, 5) is 17.1. The van der Waals surface area contributed by atoms with E-state index in [0.29, 0.717) is 25.2 Å². The van der Waals surface area contributed by atoms with Crippen LogP contribution in [0.5, 0.6) is 11.5 Å². The highest BCUT2D eigenvalue weighted by molar-refractivity contribution is 5.69. The van der Waals surface area contributed by atoms with E-state index in [1.54, 1.807) is 18.0 Å². The Labute approximate surface area is 195 Å². The average molecular weight is 457 g/mol. The molecular formula is C26H36N2O5. The van der Waals surface area contributed by atoms with Crippen LogP contribution in [0.4, 0.5) is 4.79 Å². The van der Waals surface area contributed by atoms with E-state index in [2.05, 4.69) is 11.8 Å². The number of aromatic hydroxyl groups is 1. The van der Waals surface area contributed by atoms with Crippen molar-refractivity contribution in [3.8, 4) is 11.5 Å². The van der Waals surface area contributed by atoms with Gasteiger partial charge in [-0.15, -0.1) is 0 Å². The van der Waals surface area contributed by atoms with Gasteiger partial charge in [-0.2, -0.15) is 0 Å². The van der Waals surface area contributed by atoms with Gasteiger partial charge in [0.15, 0.2) is 11.5 Å². The fourth-order valence-electron chi connectivity index (χ4n) is 7.39. The van der Waals surface area contributed by atoms with Gasteiger partial charge in [0.05, 0.1) is 23.7 Å². The van der Waals surface area contributed by atoms with Crippen LogP contribution in [0.15, 0.2) is 12.1 Å². The molecule has 0 aromatic heterocycles. The smallest absolute Gasteiger partial charge is 0.409 e. The molecule has 1 spiro atoms. The molecule has 5 atom stereocenters. The summed E-state index contributed by atoms with van der Waals surface area (Å²) in [6.45, 7) is 4.45. The van der Waals surface area contributed by atoms with Crippen LogP contribution >= 0.6 is 0 Å². The molecule has 0 unspecified atom stereocenters. The predicted octanol–water partition coefficient (Wildman–Crippen LogP) is 3.19. The number of ether oxygens (including phenoxy) is 2. The highest BCUT2D eigenvalue weighted by Gasteiger charge is 2.73. The maximum atomic E-state index is 12.9. The second-order valence-electron chi connectivity index (χ2n) is 11.0. The number of nitrogens with zero attached hydrogens (tertiary/aromatic N) is 2. The minimum Gasteiger partial charge on any atom is -0.504 e. The number of rotatable bonds is 6. The lowest BCUT2D eigenvalue weighted by molar-refractivity contribution is -0.198. The van der Waals surface area contributed by atoms with Crippen LogP contribution in [0.25, 0.3) is 0 Å². The van der Waals surface area contributed by atoms with Gasteiger partial charge in [-0.3, -0.25) is 4.90 Å². The van der Waals surface area contributed by atoms with Crippen molar-refractivity contribution in [3.63, 3.8) is 0 Å². The number of amides is 1. The number of hydrogen-bond acceptors (Lipinski definition) is 6. The molecule has 0 radical (unpaired) electrons. The van der Waals surface area contributed by atoms with Crippen molar-refractivity contribution < 1.29 is 24.5 Å². The maximum absolute atomic E-state index is 12.9. The molecule has 7 heteroatoms. The number of carbonyl (C=O) groups is 1. The van der Waals surface area contributed by atoms with Crippen LogP contribution in [-0.2, 0) is 16.6 Å². The summed E-state index contributed by atoms with van der Waals surface area (Å²) in [5.41, 5.74) is 0.629. The first-order valence-electron chi connectivity index (χ1n) is 12.8. The molecule has 6 rings (SSSR count). The lowest BCUT2D eigenvalue weighted by Gasteiger charge is -2.64. The summed E-state index contributed by atoms with van der Waals surface area (Å²) in [7, 11) is 1.79. The van der Waals surface area contributed by atoms with Crippen molar-refractivity contribution in [2.45, 2.75) is 87.5 Å². The normalized spacial score (nSPS) is 36.2. The van der Waals surface area contributed by atoms with Crippen LogP contribution in [0.3, 0.4) is 0 Å². The van der Waals surface area contributed by atoms with Crippen molar-refractivity contribution in [1.82, 2.24) is 9.80 Å². The number of phenols is 1. The van der Waals surface area contributed by atoms with Crippen LogP contribution in [-0.4, -0.2) is 76.6 Å². The number of phenolic OH excluding ortho intramolecular Hbond substituents is 1. The first-order chi connectivity index (χ1) is 15.9. The van der Waals surface area contributed by atoms with E-state index in [1.807, 2.05) is 6.07 Å². The van der Waals surface area contributed by atoms with Gasteiger partial charge in [0.2, 0.25) is 0 Å². The lowest BCUT2D eigenvalue weighted by atomic mass is 9.48. The van der Waals surface area contributed by atoms with Crippen LogP contribution < -0.4 is 4.74 Å². The third-order valence-corrected chi connectivity index (χ3v) is 9.24. The third-order valence-electron chi connectivity index (χ3n) is 9.24. The molecule has 2 saturated carbocycles. The highest BCUT2D eigenvalue weighted by atomic mass is 16.6. The van der Waals surface area contributed by atoms with Crippen molar-refractivity contribution in [2.75, 3.05) is 26.7 Å². The summed E-state index contributed by atoms with van der Waals surface area (Å²) >= 11 is 0. The number of unbranched alkanes of at least 4 members (excludes halogenated alkanes) is 1. The highest BCUT2D eigenvalue weighted by Crippen LogP contribution is 2.66. The van der Waals surface area contributed by atoms with Crippen molar-refractivity contribution in [3.05, 3.63) is 23.3 Å². The summed E-state index contributed by atoms with van der Waals surface area (Å²) in [5, 5.41) is 23.2. The van der Waals surface area contributed by atoms with Gasteiger partial charge in [-0.1, -0.05) is 19.4 Å². The van der Waals surface area contributed by atoms with Gasteiger partial charge in [-0.25, -0.2) is 4.79 Å². The second-order valence-corrected chi connectivity index (χ2v) is 11.0. The topological polar surface area (TPSA) is 82.5 Å². The minimum absolute atomic E-state index is 0.0451. The van der Waals surface area contributed by atoms with Crippen molar-refractivity contribution in [1.29, 1.82) is 0 Å². The van der Waals surface area contributed by atoms with E-state index in [4.69, 9.17) is 9.47 Å². The quantitative estimate of drug-likeness (QED) is 0.640. The average Bonchev–Trinajstić information content (AvgIpc) is 3.54. The third kappa shape index (κ3) is 2.91. The summed E-state index contributed by atoms with van der Waals surface area (Å²) < 4.78 is 12.1. The standard InChI is InChI=1S/C26H36N2O5/c1-3-4-13-32-24(30)27(2)18-9-10-26(31)20-14-17-7-8-19(29)22-21(17)25(26,23(18)33-22)11-12-28(20)15-16-5-6-16/h7-8,16,18,20,23,29,31H,3-6,9-15H2,1-2H3/t18-,20-,23-,25-,26+/m0/s1. The van der Waals surface area contributed by atoms with Crippen molar-refractivity contribution >= 4 is 6.09 Å². The molecule has 33 heavy (non-hydrogen) atoms. The molecule has 1 amide bonds. The Hall–Kier alpha value is -1.99. The molecule has 1 aromatic carbocycles. The molecule has 5 aliphatic rings. The number of carbonyl (C=O) groups excluding carboxylic acids is 1. The summed E-state index contributed by atoms with van der Waals surface area (Å²) in [6, 6.07) is 3.57. The molecule has 180 valence electrons. The molecular weight excluding hydrogens is 420 g/mol. The Balaban J connectivity index is 1.39. The number of likely N-dealkylation sites (tertiary alicyclic amines) is 1. The van der Waals surface area contributed by atoms with Crippen LogP contribution in [0, 0.1) is 5.92 Å². The Kier molecular flexibility index (Phi) is 4.90. The molecule has 7 nitrogen and oxygen atoms in total. The molecule has 2 bridgehead atoms. The summed E-state index contributed by atoms with van der Waals surface area (Å²) in [6.07, 6.45) is 6.49. The van der Waals surface area contributed by atoms with E-state index < -0.39 is 17.1 Å². The Morgan fingerprint density at radius 3 is 2.88 bits per heavy atom. The number of aliphatic hydroxyl groups is 1. The maximum Gasteiger partial charge on any atom is 0.409 e. The zero-order chi connectivity index (χ0) is 23.0. The second kappa shape index (κ2) is 7.51. The fourth-order valence-corrected chi connectivity index (χ4v) is 7.39. The summed E-state index contributed by atoms with van der Waals surface area (Å²) in [5.74, 6) is 1.41. The van der Waals surface area contributed by atoms with Gasteiger partial charge in [-0.05, 0) is 69.0 Å². The lowest BCUT2D eigenvalue weighted by Crippen LogP contribution is -2.78. The molecule has 1 saturated heterocycles. The number of hydrogen-bond donors (Lipinski definition) is 2. The zero-order valence-corrected chi connectivity index (χ0v) is 19.8. The number of piperidine rings is 1. The van der Waals surface area contributed by atoms with Gasteiger partial charge in [0, 0.05) is 25.2 Å². The first kappa shape index (κ1) is 21.5. The minimum atomic E-state index is -0.930. The molecule has 1 aromatic rings. The molecule has 3 fully saturated rings. The molecule has 2 heterocycles. The van der Waals surface area contributed by atoms with Crippen LogP contribution in [0.1, 0.15) is 63.0 Å². The zero-order valence-electron chi connectivity index (χ0n) is 19.8. The Morgan fingerprint density at radius 2 is 2.12 bits per heavy atom. The van der Waals surface area contributed by atoms with Crippen LogP contribution in [0.2, 0.25) is 0 Å². The van der Waals surface area contributed by atoms with Crippen molar-refractivity contribution in [2.24, 2.45) is 5.92 Å². The number of benzene rings is 1. The van der Waals surface area contributed by atoms with E-state index in [0.717, 1.165) is 50.3 Å². The first-order valence-corrected chi connectivity index (χ1v) is 12.8. The van der Waals surface area contributed by atoms with E-state index in [1.165, 1.54) is 18.4 Å². The monoisotopic (exact) mass is 456 g/mol. The Bertz CT molecular complexity index is 964. The van der Waals surface area contributed by atoms with Gasteiger partial charge in [0.25, 0.3) is 0 Å². The molecule has 2 aliphatic heterocycles. The molecule has 3 aliphatic carbocycles. The van der Waals surface area contributed by atoms with E-state index in [9.17, 15) is 15.0 Å². The largest absolute Gasteiger partial charge is 0.504 e. The molecule has 2 N–H and O–H groups in total. The Morgan fingerprint density at radius 1 is 1.30 bits per heavy atom. The van der Waals surface area contributed by atoms with Gasteiger partial charge >= 0.3 is 6.09 Å². The van der Waals surface area contributed by atoms with E-state index in [-0.39, 0.29) is 23.9 Å². The van der Waals surface area contributed by atoms with Gasteiger partial charge < -0.3 is 24.6 Å². The predicted molar refractivity (Wildman–Crippen MR) is 123 cm³/mol. The number of likely N-dealkylation sites (N-methyl/N-ethyl adjacent to an activating group) is 1. The van der Waals surface area contributed by atoms with E-state index >= 15 is 0 Å². The fraction of sp³-hybridized carbons (Fsp3) is 0.731.